The topological polar surface area (TPSA) is 115 Å². The maximum atomic E-state index is 10.9. The molecular formula is C7H4ClNO6S. The summed E-state index contributed by atoms with van der Waals surface area (Å²) in [6.07, 6.45) is 0. The highest BCUT2D eigenvalue weighted by Gasteiger charge is 2.23. The minimum atomic E-state index is -4.13. The van der Waals surface area contributed by atoms with Gasteiger partial charge in [0.15, 0.2) is 0 Å². The van der Waals surface area contributed by atoms with Crippen molar-refractivity contribution in [1.82, 2.24) is 0 Å². The highest BCUT2D eigenvalue weighted by Crippen LogP contribution is 2.24. The van der Waals surface area contributed by atoms with Gasteiger partial charge in [0.2, 0.25) is 0 Å². The number of halogens is 1. The molecule has 9 heteroatoms. The smallest absolute Gasteiger partial charge is 0.342 e. The van der Waals surface area contributed by atoms with Crippen molar-refractivity contribution in [2.75, 3.05) is 0 Å². The van der Waals surface area contributed by atoms with E-state index in [2.05, 4.69) is 0 Å². The minimum absolute atomic E-state index is 0.522. The Bertz CT molecular complexity index is 566. The number of benzene rings is 1. The van der Waals surface area contributed by atoms with E-state index in [0.29, 0.717) is 6.07 Å². The van der Waals surface area contributed by atoms with Crippen LogP contribution in [0, 0.1) is 10.1 Å². The molecule has 0 aromatic heterocycles. The molecule has 1 aromatic carbocycles. The van der Waals surface area contributed by atoms with Crippen LogP contribution in [0.4, 0.5) is 5.69 Å². The van der Waals surface area contributed by atoms with Crippen LogP contribution in [-0.4, -0.2) is 24.4 Å². The molecule has 0 saturated carbocycles. The van der Waals surface area contributed by atoms with Gasteiger partial charge in [0.25, 0.3) is 14.7 Å². The summed E-state index contributed by atoms with van der Waals surface area (Å²) < 4.78 is 21.8. The Labute approximate surface area is 93.8 Å². The Morgan fingerprint density at radius 3 is 2.38 bits per heavy atom. The van der Waals surface area contributed by atoms with Gasteiger partial charge in [-0.1, -0.05) is 0 Å². The van der Waals surface area contributed by atoms with Crippen LogP contribution < -0.4 is 0 Å². The maximum Gasteiger partial charge on any atom is 0.342 e. The Hall–Kier alpha value is -1.67. The molecule has 0 amide bonds. The van der Waals surface area contributed by atoms with Gasteiger partial charge < -0.3 is 5.11 Å². The van der Waals surface area contributed by atoms with Gasteiger partial charge in [-0.25, -0.2) is 13.2 Å². The van der Waals surface area contributed by atoms with Gasteiger partial charge in [-0.3, -0.25) is 10.1 Å². The summed E-state index contributed by atoms with van der Waals surface area (Å²) in [6.45, 7) is 0. The molecule has 1 aromatic rings. The normalized spacial score (nSPS) is 11.1. The van der Waals surface area contributed by atoms with E-state index in [1.165, 1.54) is 0 Å². The Morgan fingerprint density at radius 2 is 2.00 bits per heavy atom. The molecule has 0 spiro atoms. The highest BCUT2D eigenvalue weighted by molar-refractivity contribution is 8.13. The van der Waals surface area contributed by atoms with E-state index in [1.807, 2.05) is 0 Å². The summed E-state index contributed by atoms with van der Waals surface area (Å²) in [5.41, 5.74) is -1.43. The number of carbonyl (C=O) groups is 1. The zero-order chi connectivity index (χ0) is 12.5. The van der Waals surface area contributed by atoms with E-state index in [0.717, 1.165) is 12.1 Å². The quantitative estimate of drug-likeness (QED) is 0.499. The lowest BCUT2D eigenvalue weighted by atomic mass is 10.2. The van der Waals surface area contributed by atoms with E-state index in [4.69, 9.17) is 15.8 Å². The largest absolute Gasteiger partial charge is 0.477 e. The fourth-order valence-corrected chi connectivity index (χ4v) is 1.77. The first-order chi connectivity index (χ1) is 7.23. The number of aromatic carboxylic acids is 1. The van der Waals surface area contributed by atoms with Gasteiger partial charge in [0.05, 0.1) is 9.82 Å². The third kappa shape index (κ3) is 2.47. The summed E-state index contributed by atoms with van der Waals surface area (Å²) in [5.74, 6) is -1.52. The zero-order valence-corrected chi connectivity index (χ0v) is 9.03. The Balaban J connectivity index is 3.52. The molecule has 0 fully saturated rings. The summed E-state index contributed by atoms with van der Waals surface area (Å²) in [5, 5.41) is 19.1. The number of rotatable bonds is 3. The van der Waals surface area contributed by atoms with Crippen LogP contribution in [-0.2, 0) is 9.05 Å². The summed E-state index contributed by atoms with van der Waals surface area (Å²) >= 11 is 0. The number of nitrogens with zero attached hydrogens (tertiary/aromatic N) is 1. The van der Waals surface area contributed by atoms with Gasteiger partial charge in [-0.05, 0) is 12.1 Å². The monoisotopic (exact) mass is 265 g/mol. The number of carboxylic acid groups (broad SMARTS) is 1. The fourth-order valence-electron chi connectivity index (χ4n) is 0.995. The van der Waals surface area contributed by atoms with Crippen LogP contribution >= 0.6 is 10.7 Å². The van der Waals surface area contributed by atoms with Crippen molar-refractivity contribution in [3.8, 4) is 0 Å². The van der Waals surface area contributed by atoms with Crippen molar-refractivity contribution in [3.05, 3.63) is 33.9 Å². The second kappa shape index (κ2) is 4.06. The van der Waals surface area contributed by atoms with E-state index >= 15 is 0 Å². The molecule has 0 radical (unpaired) electrons. The van der Waals surface area contributed by atoms with Crippen LogP contribution in [0.25, 0.3) is 0 Å². The SMILES string of the molecule is O=C(O)c1ccc(S(=O)(=O)Cl)cc1[N+](=O)[O-]. The van der Waals surface area contributed by atoms with Gasteiger partial charge in [0, 0.05) is 16.7 Å². The standard InChI is InChI=1S/C7H4ClNO6S/c8-16(14,15)4-1-2-5(7(10)11)6(3-4)9(12)13/h1-3H,(H,10,11). The van der Waals surface area contributed by atoms with Gasteiger partial charge in [-0.15, -0.1) is 0 Å². The predicted molar refractivity (Wildman–Crippen MR) is 53.1 cm³/mol. The third-order valence-electron chi connectivity index (χ3n) is 1.68. The molecule has 0 bridgehead atoms. The first kappa shape index (κ1) is 12.4. The molecule has 7 nitrogen and oxygen atoms in total. The second-order valence-electron chi connectivity index (χ2n) is 2.68. The molecule has 0 aliphatic heterocycles. The van der Waals surface area contributed by atoms with Gasteiger partial charge in [-0.2, -0.15) is 0 Å². The minimum Gasteiger partial charge on any atom is -0.477 e. The molecule has 86 valence electrons. The first-order valence-electron chi connectivity index (χ1n) is 3.70. The lowest BCUT2D eigenvalue weighted by Gasteiger charge is -1.99. The number of nitro groups is 1. The van der Waals surface area contributed by atoms with Crippen LogP contribution in [0.2, 0.25) is 0 Å². The van der Waals surface area contributed by atoms with Gasteiger partial charge in [0.1, 0.15) is 5.56 Å². The van der Waals surface area contributed by atoms with E-state index in [-0.39, 0.29) is 0 Å². The molecule has 1 rings (SSSR count). The number of carboxylic acids is 1. The molecule has 16 heavy (non-hydrogen) atoms. The number of nitro benzene ring substituents is 1. The molecule has 0 saturated heterocycles. The zero-order valence-electron chi connectivity index (χ0n) is 7.45. The number of hydrogen-bond donors (Lipinski definition) is 1. The summed E-state index contributed by atoms with van der Waals surface area (Å²) in [6, 6.07) is 2.31. The van der Waals surface area contributed by atoms with E-state index < -0.39 is 36.1 Å². The lowest BCUT2D eigenvalue weighted by Crippen LogP contribution is -2.04. The highest BCUT2D eigenvalue weighted by atomic mass is 35.7. The van der Waals surface area contributed by atoms with E-state index in [1.54, 1.807) is 0 Å². The maximum absolute atomic E-state index is 10.9. The van der Waals surface area contributed by atoms with E-state index in [9.17, 15) is 23.3 Å². The van der Waals surface area contributed by atoms with Crippen LogP contribution in [0.3, 0.4) is 0 Å². The van der Waals surface area contributed by atoms with Crippen molar-refractivity contribution in [2.24, 2.45) is 0 Å². The summed E-state index contributed by atoms with van der Waals surface area (Å²) in [7, 11) is 0.843. The second-order valence-corrected chi connectivity index (χ2v) is 5.25. The van der Waals surface area contributed by atoms with Crippen molar-refractivity contribution < 1.29 is 23.2 Å². The fraction of sp³-hybridized carbons (Fsp3) is 0. The van der Waals surface area contributed by atoms with Crippen LogP contribution in [0.5, 0.6) is 0 Å². The molecule has 1 N–H and O–H groups in total. The molecule has 0 atom stereocenters. The van der Waals surface area contributed by atoms with Crippen LogP contribution in [0.15, 0.2) is 23.1 Å². The lowest BCUT2D eigenvalue weighted by molar-refractivity contribution is -0.385. The molecule has 0 aliphatic carbocycles. The predicted octanol–water partition coefficient (Wildman–Crippen LogP) is 1.22. The molecular weight excluding hydrogens is 262 g/mol. The molecule has 0 aliphatic rings. The van der Waals surface area contributed by atoms with Crippen molar-refractivity contribution in [1.29, 1.82) is 0 Å². The third-order valence-corrected chi connectivity index (χ3v) is 3.03. The summed E-state index contributed by atoms with van der Waals surface area (Å²) in [4.78, 5) is 19.6. The van der Waals surface area contributed by atoms with Crippen LogP contribution in [0.1, 0.15) is 10.4 Å². The molecule has 0 unspecified atom stereocenters. The average molecular weight is 266 g/mol. The number of hydrogen-bond acceptors (Lipinski definition) is 5. The van der Waals surface area contributed by atoms with Crippen molar-refractivity contribution in [2.45, 2.75) is 4.90 Å². The Morgan fingerprint density at radius 1 is 1.44 bits per heavy atom. The molecule has 0 heterocycles. The van der Waals surface area contributed by atoms with Gasteiger partial charge >= 0.3 is 5.97 Å². The Kier molecular flexibility index (Phi) is 3.15. The van der Waals surface area contributed by atoms with Crippen molar-refractivity contribution >= 4 is 31.4 Å². The van der Waals surface area contributed by atoms with Crippen molar-refractivity contribution in [3.63, 3.8) is 0 Å². The first-order valence-corrected chi connectivity index (χ1v) is 6.01. The average Bonchev–Trinajstić information content (AvgIpc) is 2.15.